The molecule has 3 aromatic rings. The van der Waals surface area contributed by atoms with E-state index in [1.54, 1.807) is 50.6 Å². The van der Waals surface area contributed by atoms with E-state index in [9.17, 15) is 9.90 Å². The SMILES string of the molecule is COc1ccc(OC)c(-c2cc(C(=O)N/N=C/c3cc(OC)c(O)c(OC)c3)[nH]n2)c1. The number of rotatable bonds is 8. The highest BCUT2D eigenvalue weighted by atomic mass is 16.5. The van der Waals surface area contributed by atoms with Crippen molar-refractivity contribution < 1.29 is 28.8 Å². The van der Waals surface area contributed by atoms with E-state index in [2.05, 4.69) is 20.7 Å². The highest BCUT2D eigenvalue weighted by molar-refractivity contribution is 5.94. The number of carbonyl (C=O) groups is 1. The van der Waals surface area contributed by atoms with Crippen molar-refractivity contribution in [3.63, 3.8) is 0 Å². The van der Waals surface area contributed by atoms with Crippen LogP contribution in [0.25, 0.3) is 11.3 Å². The summed E-state index contributed by atoms with van der Waals surface area (Å²) in [6.45, 7) is 0. The third-order valence-corrected chi connectivity index (χ3v) is 4.39. The van der Waals surface area contributed by atoms with Crippen LogP contribution in [-0.2, 0) is 0 Å². The zero-order valence-corrected chi connectivity index (χ0v) is 17.4. The van der Waals surface area contributed by atoms with Gasteiger partial charge in [0.2, 0.25) is 5.75 Å². The first kappa shape index (κ1) is 21.5. The molecule has 162 valence electrons. The fourth-order valence-electron chi connectivity index (χ4n) is 2.80. The third-order valence-electron chi connectivity index (χ3n) is 4.39. The summed E-state index contributed by atoms with van der Waals surface area (Å²) >= 11 is 0. The van der Waals surface area contributed by atoms with Crippen molar-refractivity contribution >= 4 is 12.1 Å². The Bertz CT molecular complexity index is 1080. The van der Waals surface area contributed by atoms with Crippen molar-refractivity contribution in [3.05, 3.63) is 47.7 Å². The zero-order valence-electron chi connectivity index (χ0n) is 17.4. The number of hydrazone groups is 1. The van der Waals surface area contributed by atoms with Gasteiger partial charge >= 0.3 is 0 Å². The highest BCUT2D eigenvalue weighted by Crippen LogP contribution is 2.36. The van der Waals surface area contributed by atoms with Gasteiger partial charge in [0.25, 0.3) is 5.91 Å². The molecule has 0 aliphatic heterocycles. The number of hydrogen-bond acceptors (Lipinski definition) is 8. The van der Waals surface area contributed by atoms with Crippen molar-refractivity contribution in [2.45, 2.75) is 0 Å². The van der Waals surface area contributed by atoms with Gasteiger partial charge in [0.1, 0.15) is 17.2 Å². The van der Waals surface area contributed by atoms with Crippen molar-refractivity contribution in [2.75, 3.05) is 28.4 Å². The number of phenolic OH excluding ortho intramolecular Hbond substituents is 1. The average Bonchev–Trinajstić information content (AvgIpc) is 3.29. The van der Waals surface area contributed by atoms with Gasteiger partial charge in [0, 0.05) is 11.1 Å². The molecule has 1 aromatic heterocycles. The summed E-state index contributed by atoms with van der Waals surface area (Å²) < 4.78 is 20.8. The van der Waals surface area contributed by atoms with Crippen LogP contribution >= 0.6 is 0 Å². The van der Waals surface area contributed by atoms with E-state index in [1.807, 2.05) is 0 Å². The van der Waals surface area contributed by atoms with Crippen LogP contribution in [-0.4, -0.2) is 55.9 Å². The molecule has 1 amide bonds. The Morgan fingerprint density at radius 1 is 1.00 bits per heavy atom. The Labute approximate surface area is 178 Å². The van der Waals surface area contributed by atoms with E-state index in [0.717, 1.165) is 0 Å². The van der Waals surface area contributed by atoms with Gasteiger partial charge in [0.15, 0.2) is 11.5 Å². The maximum atomic E-state index is 12.4. The second kappa shape index (κ2) is 9.53. The number of amides is 1. The van der Waals surface area contributed by atoms with Crippen LogP contribution in [0.4, 0.5) is 0 Å². The molecule has 0 aliphatic rings. The molecule has 0 spiro atoms. The number of aromatic hydroxyl groups is 1. The molecule has 0 radical (unpaired) electrons. The molecule has 1 heterocycles. The van der Waals surface area contributed by atoms with Crippen molar-refractivity contribution in [2.24, 2.45) is 5.10 Å². The fourth-order valence-corrected chi connectivity index (χ4v) is 2.80. The Balaban J connectivity index is 1.75. The number of hydrogen-bond donors (Lipinski definition) is 3. The average molecular weight is 426 g/mol. The minimum atomic E-state index is -0.491. The van der Waals surface area contributed by atoms with Gasteiger partial charge in [-0.05, 0) is 36.4 Å². The van der Waals surface area contributed by atoms with Gasteiger partial charge in [-0.15, -0.1) is 0 Å². The largest absolute Gasteiger partial charge is 0.502 e. The predicted octanol–water partition coefficient (Wildman–Crippen LogP) is 2.58. The lowest BCUT2D eigenvalue weighted by molar-refractivity contribution is 0.0950. The summed E-state index contributed by atoms with van der Waals surface area (Å²) in [5.74, 6) is 1.05. The number of ether oxygens (including phenoxy) is 4. The van der Waals surface area contributed by atoms with Crippen LogP contribution in [0.1, 0.15) is 16.1 Å². The highest BCUT2D eigenvalue weighted by Gasteiger charge is 2.15. The Morgan fingerprint density at radius 3 is 2.29 bits per heavy atom. The van der Waals surface area contributed by atoms with Crippen LogP contribution < -0.4 is 24.4 Å². The van der Waals surface area contributed by atoms with Crippen LogP contribution in [0.5, 0.6) is 28.7 Å². The van der Waals surface area contributed by atoms with E-state index in [1.165, 1.54) is 20.4 Å². The van der Waals surface area contributed by atoms with Gasteiger partial charge in [-0.2, -0.15) is 10.2 Å². The zero-order chi connectivity index (χ0) is 22.4. The number of aromatic amines is 1. The second-order valence-electron chi connectivity index (χ2n) is 6.21. The van der Waals surface area contributed by atoms with E-state index >= 15 is 0 Å². The molecule has 0 bridgehead atoms. The van der Waals surface area contributed by atoms with E-state index in [0.29, 0.717) is 28.3 Å². The van der Waals surface area contributed by atoms with E-state index < -0.39 is 5.91 Å². The van der Waals surface area contributed by atoms with Gasteiger partial charge in [-0.1, -0.05) is 0 Å². The standard InChI is InChI=1S/C21H22N4O6/c1-28-13-5-6-17(29-2)14(9-13)15-10-16(24-23-15)21(27)25-22-11-12-7-18(30-3)20(26)19(8-12)31-4/h5-11,26H,1-4H3,(H,23,24)(H,25,27)/b22-11+. The van der Waals surface area contributed by atoms with Crippen molar-refractivity contribution in [1.29, 1.82) is 0 Å². The minimum absolute atomic E-state index is 0.121. The molecule has 3 rings (SSSR count). The molecule has 3 N–H and O–H groups in total. The molecule has 0 saturated carbocycles. The quantitative estimate of drug-likeness (QED) is 0.373. The molecule has 0 fully saturated rings. The van der Waals surface area contributed by atoms with Gasteiger partial charge in [-0.3, -0.25) is 9.89 Å². The Kier molecular flexibility index (Phi) is 6.61. The molecule has 10 nitrogen and oxygen atoms in total. The van der Waals surface area contributed by atoms with Gasteiger partial charge in [-0.25, -0.2) is 5.43 Å². The molecule has 2 aromatic carbocycles. The summed E-state index contributed by atoms with van der Waals surface area (Å²) in [6, 6.07) is 9.97. The summed E-state index contributed by atoms with van der Waals surface area (Å²) in [7, 11) is 5.95. The number of aromatic nitrogens is 2. The number of nitrogens with zero attached hydrogens (tertiary/aromatic N) is 2. The summed E-state index contributed by atoms with van der Waals surface area (Å²) in [4.78, 5) is 12.4. The van der Waals surface area contributed by atoms with Crippen LogP contribution in [0, 0.1) is 0 Å². The normalized spacial score (nSPS) is 10.7. The van der Waals surface area contributed by atoms with E-state index in [4.69, 9.17) is 18.9 Å². The summed E-state index contributed by atoms with van der Waals surface area (Å²) in [5.41, 5.74) is 4.35. The maximum absolute atomic E-state index is 12.4. The van der Waals surface area contributed by atoms with E-state index in [-0.39, 0.29) is 22.9 Å². The minimum Gasteiger partial charge on any atom is -0.502 e. The van der Waals surface area contributed by atoms with Crippen LogP contribution in [0.15, 0.2) is 41.5 Å². The second-order valence-corrected chi connectivity index (χ2v) is 6.21. The molecular weight excluding hydrogens is 404 g/mol. The molecule has 0 saturated heterocycles. The molecule has 0 aliphatic carbocycles. The first-order valence-electron chi connectivity index (χ1n) is 9.06. The molecule has 10 heteroatoms. The fraction of sp³-hybridized carbons (Fsp3) is 0.190. The molecule has 0 atom stereocenters. The molecule has 0 unspecified atom stereocenters. The number of H-pyrrole nitrogens is 1. The summed E-state index contributed by atoms with van der Waals surface area (Å²) in [6.07, 6.45) is 1.39. The van der Waals surface area contributed by atoms with Crippen molar-refractivity contribution in [1.82, 2.24) is 15.6 Å². The number of phenols is 1. The molecule has 31 heavy (non-hydrogen) atoms. The summed E-state index contributed by atoms with van der Waals surface area (Å²) in [5, 5.41) is 20.7. The Morgan fingerprint density at radius 2 is 1.68 bits per heavy atom. The monoisotopic (exact) mass is 426 g/mol. The lowest BCUT2D eigenvalue weighted by Crippen LogP contribution is -2.18. The van der Waals surface area contributed by atoms with Crippen LogP contribution in [0.2, 0.25) is 0 Å². The Hall–Kier alpha value is -4.21. The number of nitrogens with one attached hydrogen (secondary N) is 2. The molecular formula is C21H22N4O6. The first-order chi connectivity index (χ1) is 15.0. The van der Waals surface area contributed by atoms with Crippen LogP contribution in [0.3, 0.4) is 0 Å². The first-order valence-corrected chi connectivity index (χ1v) is 9.06. The lowest BCUT2D eigenvalue weighted by Gasteiger charge is -2.09. The lowest BCUT2D eigenvalue weighted by atomic mass is 10.1. The third kappa shape index (κ3) is 4.69. The van der Waals surface area contributed by atoms with Gasteiger partial charge < -0.3 is 24.1 Å². The maximum Gasteiger partial charge on any atom is 0.289 e. The smallest absolute Gasteiger partial charge is 0.289 e. The van der Waals surface area contributed by atoms with Crippen molar-refractivity contribution in [3.8, 4) is 40.0 Å². The predicted molar refractivity (Wildman–Crippen MR) is 113 cm³/mol. The number of carbonyl (C=O) groups excluding carboxylic acids is 1. The number of methoxy groups -OCH3 is 4. The topological polar surface area (TPSA) is 127 Å². The van der Waals surface area contributed by atoms with Gasteiger partial charge in [0.05, 0.1) is 40.3 Å². The number of benzene rings is 2.